The molecule has 10 nitrogen and oxygen atoms in total. The highest BCUT2D eigenvalue weighted by molar-refractivity contribution is 6.32. The van der Waals surface area contributed by atoms with Crippen LogP contribution in [0.15, 0.2) is 35.3 Å². The number of pyridine rings is 3. The van der Waals surface area contributed by atoms with Crippen LogP contribution in [0.3, 0.4) is 0 Å². The van der Waals surface area contributed by atoms with E-state index < -0.39 is 11.2 Å². The van der Waals surface area contributed by atoms with Crippen LogP contribution in [0, 0.1) is 0 Å². The molecule has 1 saturated carbocycles. The van der Waals surface area contributed by atoms with Gasteiger partial charge < -0.3 is 29.8 Å². The van der Waals surface area contributed by atoms with Gasteiger partial charge in [-0.25, -0.2) is 4.98 Å². The lowest BCUT2D eigenvalue weighted by Gasteiger charge is -2.55. The van der Waals surface area contributed by atoms with Crippen molar-refractivity contribution in [2.24, 2.45) is 0 Å². The molecule has 37 heavy (non-hydrogen) atoms. The third-order valence-electron chi connectivity index (χ3n) is 8.40. The Balaban J connectivity index is 1.07. The van der Waals surface area contributed by atoms with Crippen molar-refractivity contribution in [2.45, 2.75) is 61.9 Å². The number of fused-ring (bicyclic) bond motifs is 4. The molecule has 1 aliphatic carbocycles. The molecular weight excluding hydrogens is 498 g/mol. The van der Waals surface area contributed by atoms with Crippen molar-refractivity contribution < 1.29 is 19.4 Å². The van der Waals surface area contributed by atoms with Gasteiger partial charge in [-0.3, -0.25) is 14.6 Å². The zero-order chi connectivity index (χ0) is 25.4. The van der Waals surface area contributed by atoms with E-state index in [-0.39, 0.29) is 30.2 Å². The minimum absolute atomic E-state index is 0.00463. The highest BCUT2D eigenvalue weighted by atomic mass is 35.5. The van der Waals surface area contributed by atoms with Gasteiger partial charge in [0.1, 0.15) is 5.60 Å². The summed E-state index contributed by atoms with van der Waals surface area (Å²) >= 11 is 6.54. The Morgan fingerprint density at radius 1 is 1.16 bits per heavy atom. The number of aliphatic hydroxyl groups is 1. The van der Waals surface area contributed by atoms with Gasteiger partial charge in [0.05, 0.1) is 40.5 Å². The van der Waals surface area contributed by atoms with Crippen LogP contribution in [-0.2, 0) is 28.2 Å². The van der Waals surface area contributed by atoms with Gasteiger partial charge >= 0.3 is 0 Å². The first-order chi connectivity index (χ1) is 17.8. The fraction of sp³-hybridized carbons (Fsp3) is 0.462. The summed E-state index contributed by atoms with van der Waals surface area (Å²) in [6, 6.07) is 6.87. The van der Waals surface area contributed by atoms with Crippen LogP contribution in [0.5, 0.6) is 5.75 Å². The first-order valence-electron chi connectivity index (χ1n) is 12.5. The lowest BCUT2D eigenvalue weighted by Crippen LogP contribution is -2.62. The van der Waals surface area contributed by atoms with Gasteiger partial charge in [0, 0.05) is 36.3 Å². The van der Waals surface area contributed by atoms with Gasteiger partial charge in [-0.15, -0.1) is 0 Å². The monoisotopic (exact) mass is 523 g/mol. The van der Waals surface area contributed by atoms with Crippen LogP contribution >= 0.6 is 11.6 Å². The molecular formula is C26H26ClN5O5. The molecule has 2 bridgehead atoms. The van der Waals surface area contributed by atoms with Crippen LogP contribution in [0.4, 0.5) is 5.82 Å². The van der Waals surface area contributed by atoms with E-state index in [2.05, 4.69) is 20.6 Å². The summed E-state index contributed by atoms with van der Waals surface area (Å²) < 4.78 is 13.5. The molecule has 1 amide bonds. The molecule has 8 rings (SSSR count). The van der Waals surface area contributed by atoms with Crippen molar-refractivity contribution in [1.29, 1.82) is 0 Å². The fourth-order valence-corrected chi connectivity index (χ4v) is 6.77. The molecule has 3 aromatic heterocycles. The van der Waals surface area contributed by atoms with E-state index in [1.807, 2.05) is 12.1 Å². The Labute approximate surface area is 217 Å². The van der Waals surface area contributed by atoms with E-state index in [1.54, 1.807) is 16.8 Å². The van der Waals surface area contributed by atoms with Gasteiger partial charge in [-0.05, 0) is 43.9 Å². The Kier molecular flexibility index (Phi) is 4.98. The summed E-state index contributed by atoms with van der Waals surface area (Å²) in [6.45, 7) is 1.19. The number of nitrogens with zero attached hydrogens (tertiary/aromatic N) is 3. The standard InChI is InChI=1S/C26H26ClN5O5/c27-16-10-28-17-2-4-20(34)32-13-26(35,21(16)22(17)32)12-25-7-5-24(6-8-25,14-37-25)29-9-15-1-3-18-23(30-15)31-19(33)11-36-18/h1-4,10,29,35H,5-9,11-14H2,(H,30,31,33)/t24?,25?,26-/m1/s1. The van der Waals surface area contributed by atoms with Crippen molar-refractivity contribution >= 4 is 34.4 Å². The van der Waals surface area contributed by atoms with Crippen molar-refractivity contribution in [3.05, 3.63) is 57.1 Å². The zero-order valence-electron chi connectivity index (χ0n) is 20.1. The second kappa shape index (κ2) is 7.97. The van der Waals surface area contributed by atoms with E-state index in [4.69, 9.17) is 21.1 Å². The quantitative estimate of drug-likeness (QED) is 0.464. The molecule has 0 spiro atoms. The molecule has 0 unspecified atom stereocenters. The maximum absolute atomic E-state index is 12.6. The number of hydrogen-bond acceptors (Lipinski definition) is 8. The fourth-order valence-electron chi connectivity index (χ4n) is 6.46. The number of nitrogens with one attached hydrogen (secondary N) is 2. The predicted octanol–water partition coefficient (Wildman–Crippen LogP) is 2.24. The van der Waals surface area contributed by atoms with Gasteiger partial charge in [0.15, 0.2) is 18.2 Å². The third-order valence-corrected chi connectivity index (χ3v) is 8.69. The first kappa shape index (κ1) is 23.1. The molecule has 5 aliphatic rings. The number of hydrogen-bond donors (Lipinski definition) is 3. The summed E-state index contributed by atoms with van der Waals surface area (Å²) in [6.07, 6.45) is 5.25. The number of aromatic nitrogens is 3. The third kappa shape index (κ3) is 3.65. The molecule has 2 saturated heterocycles. The first-order valence-corrected chi connectivity index (χ1v) is 12.9. The molecule has 7 heterocycles. The molecule has 4 aliphatic heterocycles. The number of carbonyl (C=O) groups excluding carboxylic acids is 1. The molecule has 1 atom stereocenters. The SMILES string of the molecule is O=C1COc2ccc(CNC34CCC(C[C@@]5(O)Cn6c(=O)ccc7ncc(Cl)c5c76)(CC3)OC4)nc2N1. The van der Waals surface area contributed by atoms with E-state index in [0.717, 1.165) is 31.4 Å². The van der Waals surface area contributed by atoms with E-state index in [1.165, 1.54) is 6.07 Å². The van der Waals surface area contributed by atoms with Gasteiger partial charge in [-0.2, -0.15) is 0 Å². The highest BCUT2D eigenvalue weighted by Crippen LogP contribution is 2.52. The van der Waals surface area contributed by atoms with Crippen LogP contribution in [-0.4, -0.2) is 49.9 Å². The summed E-state index contributed by atoms with van der Waals surface area (Å²) in [7, 11) is 0. The summed E-state index contributed by atoms with van der Waals surface area (Å²) in [4.78, 5) is 33.1. The normalized spacial score (nSPS) is 29.7. The topological polar surface area (TPSA) is 128 Å². The highest BCUT2D eigenvalue weighted by Gasteiger charge is 2.54. The zero-order valence-corrected chi connectivity index (χ0v) is 20.8. The summed E-state index contributed by atoms with van der Waals surface area (Å²) in [5.74, 6) is 0.814. The maximum Gasteiger partial charge on any atom is 0.263 e. The molecule has 3 N–H and O–H groups in total. The number of amides is 1. The van der Waals surface area contributed by atoms with Gasteiger partial charge in [-0.1, -0.05) is 11.6 Å². The van der Waals surface area contributed by atoms with Crippen molar-refractivity contribution in [3.8, 4) is 5.75 Å². The average Bonchev–Trinajstić information content (AvgIpc) is 3.21. The molecule has 0 aromatic carbocycles. The predicted molar refractivity (Wildman–Crippen MR) is 135 cm³/mol. The number of ether oxygens (including phenoxy) is 2. The van der Waals surface area contributed by atoms with Crippen LogP contribution in [0.2, 0.25) is 5.02 Å². The molecule has 192 valence electrons. The van der Waals surface area contributed by atoms with E-state index in [0.29, 0.717) is 52.8 Å². The number of carbonyl (C=O) groups is 1. The van der Waals surface area contributed by atoms with Crippen molar-refractivity contribution in [3.63, 3.8) is 0 Å². The van der Waals surface area contributed by atoms with E-state index in [9.17, 15) is 14.7 Å². The lowest BCUT2D eigenvalue weighted by molar-refractivity contribution is -0.192. The van der Waals surface area contributed by atoms with Gasteiger partial charge in [0.2, 0.25) is 0 Å². The Bertz CT molecular complexity index is 1500. The number of halogens is 1. The van der Waals surface area contributed by atoms with E-state index >= 15 is 0 Å². The van der Waals surface area contributed by atoms with Gasteiger partial charge in [0.25, 0.3) is 11.5 Å². The minimum atomic E-state index is -1.31. The summed E-state index contributed by atoms with van der Waals surface area (Å²) in [5.41, 5.74) is 0.478. The Hall–Kier alpha value is -3.05. The van der Waals surface area contributed by atoms with Crippen LogP contribution in [0.25, 0.3) is 11.0 Å². The van der Waals surface area contributed by atoms with Crippen molar-refractivity contribution in [2.75, 3.05) is 18.5 Å². The largest absolute Gasteiger partial charge is 0.480 e. The Morgan fingerprint density at radius 2 is 2.00 bits per heavy atom. The second-order valence-electron chi connectivity index (χ2n) is 10.8. The minimum Gasteiger partial charge on any atom is -0.480 e. The smallest absolute Gasteiger partial charge is 0.263 e. The number of anilines is 1. The molecule has 3 fully saturated rings. The lowest BCUT2D eigenvalue weighted by atomic mass is 9.67. The maximum atomic E-state index is 12.6. The molecule has 0 radical (unpaired) electrons. The molecule has 11 heteroatoms. The average molecular weight is 524 g/mol. The van der Waals surface area contributed by atoms with Crippen LogP contribution < -0.4 is 20.9 Å². The molecule has 3 aromatic rings. The second-order valence-corrected chi connectivity index (χ2v) is 11.2. The summed E-state index contributed by atoms with van der Waals surface area (Å²) in [5, 5.41) is 18.7. The number of rotatable bonds is 5. The van der Waals surface area contributed by atoms with Crippen molar-refractivity contribution in [1.82, 2.24) is 19.9 Å². The Morgan fingerprint density at radius 3 is 2.78 bits per heavy atom. The van der Waals surface area contributed by atoms with Crippen LogP contribution in [0.1, 0.15) is 43.4 Å².